The molecule has 1 aromatic heterocycles. The summed E-state index contributed by atoms with van der Waals surface area (Å²) >= 11 is 0. The van der Waals surface area contributed by atoms with E-state index in [1.807, 2.05) is 50.2 Å². The molecule has 1 unspecified atom stereocenters. The lowest BCUT2D eigenvalue weighted by molar-refractivity contribution is -0.132. The highest BCUT2D eigenvalue weighted by atomic mass is 16.3. The van der Waals surface area contributed by atoms with Crippen molar-refractivity contribution in [3.05, 3.63) is 89.4 Å². The molecule has 6 heteroatoms. The van der Waals surface area contributed by atoms with Crippen molar-refractivity contribution < 1.29 is 19.1 Å². The number of hydrogen-bond donors (Lipinski definition) is 1. The van der Waals surface area contributed by atoms with Crippen LogP contribution in [0.4, 0.5) is 11.4 Å². The summed E-state index contributed by atoms with van der Waals surface area (Å²) in [6.45, 7) is 1.93. The number of carbonyl (C=O) groups excluding carboxylic acids is 2. The molecule has 1 fully saturated rings. The van der Waals surface area contributed by atoms with Gasteiger partial charge in [0, 0.05) is 31.0 Å². The van der Waals surface area contributed by atoms with Gasteiger partial charge in [-0.05, 0) is 43.3 Å². The van der Waals surface area contributed by atoms with Gasteiger partial charge < -0.3 is 14.4 Å². The number of anilines is 2. The molecule has 2 aromatic carbocycles. The zero-order valence-electron chi connectivity index (χ0n) is 17.0. The molecule has 0 aliphatic carbocycles. The van der Waals surface area contributed by atoms with Gasteiger partial charge in [0.05, 0.1) is 11.8 Å². The van der Waals surface area contributed by atoms with Crippen molar-refractivity contribution in [1.29, 1.82) is 0 Å². The Balaban J connectivity index is 1.87. The van der Waals surface area contributed by atoms with Gasteiger partial charge in [0.15, 0.2) is 0 Å². The van der Waals surface area contributed by atoms with Gasteiger partial charge in [0.2, 0.25) is 0 Å². The average molecular weight is 402 g/mol. The Bertz CT molecular complexity index is 1110. The van der Waals surface area contributed by atoms with Gasteiger partial charge >= 0.3 is 0 Å². The maximum Gasteiger partial charge on any atom is 0.300 e. The number of carbonyl (C=O) groups is 2. The van der Waals surface area contributed by atoms with Crippen LogP contribution in [-0.4, -0.2) is 30.9 Å². The van der Waals surface area contributed by atoms with E-state index in [2.05, 4.69) is 0 Å². The molecule has 1 aliphatic heterocycles. The van der Waals surface area contributed by atoms with Crippen molar-refractivity contribution in [1.82, 2.24) is 0 Å². The number of amides is 1. The summed E-state index contributed by atoms with van der Waals surface area (Å²) in [5.41, 5.74) is 3.01. The topological polar surface area (TPSA) is 74.0 Å². The maximum absolute atomic E-state index is 13.0. The Labute approximate surface area is 174 Å². The number of aliphatic hydroxyl groups excluding tert-OH is 1. The van der Waals surface area contributed by atoms with Crippen LogP contribution in [0.1, 0.15) is 22.9 Å². The average Bonchev–Trinajstić information content (AvgIpc) is 3.35. The summed E-state index contributed by atoms with van der Waals surface area (Å²) < 4.78 is 5.56. The lowest BCUT2D eigenvalue weighted by Crippen LogP contribution is -2.29. The molecule has 4 rings (SSSR count). The molecule has 3 aromatic rings. The van der Waals surface area contributed by atoms with E-state index in [-0.39, 0.29) is 11.3 Å². The summed E-state index contributed by atoms with van der Waals surface area (Å²) in [5, 5.41) is 11.0. The molecule has 1 aliphatic rings. The quantitative estimate of drug-likeness (QED) is 0.401. The Hall–Kier alpha value is -3.80. The van der Waals surface area contributed by atoms with Gasteiger partial charge in [-0.3, -0.25) is 14.5 Å². The number of aliphatic hydroxyl groups is 1. The Morgan fingerprint density at radius 1 is 1.00 bits per heavy atom. The summed E-state index contributed by atoms with van der Waals surface area (Å²) in [4.78, 5) is 29.3. The second-order valence-corrected chi connectivity index (χ2v) is 7.46. The second-order valence-electron chi connectivity index (χ2n) is 7.46. The van der Waals surface area contributed by atoms with Gasteiger partial charge in [-0.1, -0.05) is 29.8 Å². The summed E-state index contributed by atoms with van der Waals surface area (Å²) in [6, 6.07) is 17.0. The molecule has 1 atom stereocenters. The SMILES string of the molecule is Cc1ccc(/C(O)=C2/C(=O)C(=O)N(c3ccc(N(C)C)cc3)C2c2ccco2)cc1. The van der Waals surface area contributed by atoms with Crippen LogP contribution in [0.3, 0.4) is 0 Å². The Morgan fingerprint density at radius 2 is 1.67 bits per heavy atom. The standard InChI is InChI=1S/C24H22N2O4/c1-15-6-8-16(9-7-15)22(27)20-21(19-5-4-14-30-19)26(24(29)23(20)28)18-12-10-17(11-13-18)25(2)3/h4-14,21,27H,1-3H3/b22-20-. The minimum atomic E-state index is -0.855. The van der Waals surface area contributed by atoms with Crippen LogP contribution in [0, 0.1) is 6.92 Å². The predicted molar refractivity (Wildman–Crippen MR) is 115 cm³/mol. The third kappa shape index (κ3) is 3.26. The summed E-state index contributed by atoms with van der Waals surface area (Å²) in [5.74, 6) is -1.27. The molecule has 0 bridgehead atoms. The summed E-state index contributed by atoms with van der Waals surface area (Å²) in [6.07, 6.45) is 1.48. The van der Waals surface area contributed by atoms with E-state index in [1.54, 1.807) is 36.4 Å². The second kappa shape index (κ2) is 7.55. The first kappa shape index (κ1) is 19.5. The highest BCUT2D eigenvalue weighted by Gasteiger charge is 2.48. The normalized spacial score (nSPS) is 18.1. The first-order valence-corrected chi connectivity index (χ1v) is 9.57. The lowest BCUT2D eigenvalue weighted by atomic mass is 9.98. The molecule has 2 heterocycles. The summed E-state index contributed by atoms with van der Waals surface area (Å²) in [7, 11) is 3.84. The molecular formula is C24H22N2O4. The van der Waals surface area contributed by atoms with Gasteiger partial charge in [0.25, 0.3) is 11.7 Å². The molecule has 1 N–H and O–H groups in total. The monoisotopic (exact) mass is 402 g/mol. The number of rotatable bonds is 4. The fraction of sp³-hybridized carbons (Fsp3) is 0.167. The van der Waals surface area contributed by atoms with Gasteiger partial charge in [0.1, 0.15) is 17.6 Å². The molecule has 0 spiro atoms. The van der Waals surface area contributed by atoms with Crippen LogP contribution in [0.25, 0.3) is 5.76 Å². The van der Waals surface area contributed by atoms with Crippen molar-refractivity contribution in [2.24, 2.45) is 0 Å². The van der Waals surface area contributed by atoms with Gasteiger partial charge in [-0.25, -0.2) is 0 Å². The van der Waals surface area contributed by atoms with Crippen molar-refractivity contribution >= 4 is 28.8 Å². The molecule has 1 amide bonds. The van der Waals surface area contributed by atoms with Crippen molar-refractivity contribution in [2.45, 2.75) is 13.0 Å². The zero-order valence-corrected chi connectivity index (χ0v) is 17.0. The molecule has 6 nitrogen and oxygen atoms in total. The first-order valence-electron chi connectivity index (χ1n) is 9.57. The Kier molecular flexibility index (Phi) is 4.91. The smallest absolute Gasteiger partial charge is 0.300 e. The Morgan fingerprint density at radius 3 is 2.23 bits per heavy atom. The van der Waals surface area contributed by atoms with Gasteiger partial charge in [-0.2, -0.15) is 0 Å². The van der Waals surface area contributed by atoms with Crippen LogP contribution in [0.5, 0.6) is 0 Å². The fourth-order valence-corrected chi connectivity index (χ4v) is 3.59. The molecule has 30 heavy (non-hydrogen) atoms. The van der Waals surface area contributed by atoms with E-state index in [0.717, 1.165) is 11.3 Å². The highest BCUT2D eigenvalue weighted by molar-refractivity contribution is 6.51. The lowest BCUT2D eigenvalue weighted by Gasteiger charge is -2.24. The van der Waals surface area contributed by atoms with E-state index in [0.29, 0.717) is 17.0 Å². The van der Waals surface area contributed by atoms with E-state index >= 15 is 0 Å². The zero-order chi connectivity index (χ0) is 21.4. The van der Waals surface area contributed by atoms with Crippen LogP contribution in [0.2, 0.25) is 0 Å². The van der Waals surface area contributed by atoms with E-state index in [1.165, 1.54) is 11.2 Å². The van der Waals surface area contributed by atoms with Crippen LogP contribution in [0.15, 0.2) is 76.9 Å². The largest absolute Gasteiger partial charge is 0.507 e. The third-order valence-corrected chi connectivity index (χ3v) is 5.23. The van der Waals surface area contributed by atoms with E-state index < -0.39 is 17.7 Å². The minimum absolute atomic E-state index is 0.00971. The highest BCUT2D eigenvalue weighted by Crippen LogP contribution is 2.42. The van der Waals surface area contributed by atoms with Crippen LogP contribution in [-0.2, 0) is 9.59 Å². The number of Topliss-reactive ketones (excluding diaryl/α,β-unsaturated/α-hetero) is 1. The minimum Gasteiger partial charge on any atom is -0.507 e. The van der Waals surface area contributed by atoms with E-state index in [9.17, 15) is 14.7 Å². The predicted octanol–water partition coefficient (Wildman–Crippen LogP) is 4.28. The molecule has 0 saturated carbocycles. The van der Waals surface area contributed by atoms with E-state index in [4.69, 9.17) is 4.42 Å². The van der Waals surface area contributed by atoms with Gasteiger partial charge in [-0.15, -0.1) is 0 Å². The first-order chi connectivity index (χ1) is 14.4. The number of furan rings is 1. The van der Waals surface area contributed by atoms with Crippen molar-refractivity contribution in [3.8, 4) is 0 Å². The third-order valence-electron chi connectivity index (χ3n) is 5.23. The fourth-order valence-electron chi connectivity index (χ4n) is 3.59. The maximum atomic E-state index is 13.0. The molecule has 152 valence electrons. The number of benzene rings is 2. The number of ketones is 1. The number of hydrogen-bond acceptors (Lipinski definition) is 5. The number of nitrogens with zero attached hydrogens (tertiary/aromatic N) is 2. The molecule has 1 saturated heterocycles. The molecule has 0 radical (unpaired) electrons. The van der Waals surface area contributed by atoms with Crippen LogP contribution >= 0.6 is 0 Å². The number of aryl methyl sites for hydroxylation is 1. The van der Waals surface area contributed by atoms with Crippen molar-refractivity contribution in [3.63, 3.8) is 0 Å². The molecular weight excluding hydrogens is 380 g/mol. The van der Waals surface area contributed by atoms with Crippen LogP contribution < -0.4 is 9.80 Å². The van der Waals surface area contributed by atoms with Crippen molar-refractivity contribution in [2.75, 3.05) is 23.9 Å².